The van der Waals surface area contributed by atoms with Gasteiger partial charge in [-0.15, -0.1) is 0 Å². The molecule has 0 unspecified atom stereocenters. The van der Waals surface area contributed by atoms with Crippen LogP contribution in [0.1, 0.15) is 81.5 Å². The summed E-state index contributed by atoms with van der Waals surface area (Å²) in [5.41, 5.74) is 0.297. The summed E-state index contributed by atoms with van der Waals surface area (Å²) >= 11 is 0. The fourth-order valence-electron chi connectivity index (χ4n) is 2.47. The third kappa shape index (κ3) is 11.4. The van der Waals surface area contributed by atoms with Crippen molar-refractivity contribution in [2.75, 3.05) is 6.61 Å². The molecule has 0 saturated heterocycles. The van der Waals surface area contributed by atoms with E-state index in [1.54, 1.807) is 24.3 Å². The van der Waals surface area contributed by atoms with Crippen LogP contribution in [0, 0.1) is 0 Å². The first-order valence-corrected chi connectivity index (χ1v) is 8.70. The number of carboxylic acid groups (broad SMARTS) is 1. The van der Waals surface area contributed by atoms with Crippen LogP contribution < -0.4 is 4.74 Å². The van der Waals surface area contributed by atoms with Gasteiger partial charge < -0.3 is 9.84 Å². The molecule has 0 aliphatic heterocycles. The summed E-state index contributed by atoms with van der Waals surface area (Å²) in [6.07, 6.45) is 13.1. The Morgan fingerprint density at radius 3 is 1.83 bits per heavy atom. The van der Waals surface area contributed by atoms with E-state index in [0.29, 0.717) is 12.2 Å². The molecule has 1 aromatic rings. The number of ether oxygens (including phenoxy) is 1. The summed E-state index contributed by atoms with van der Waals surface area (Å²) in [5.74, 6) is -0.151. The van der Waals surface area contributed by atoms with Crippen LogP contribution in [0.4, 0.5) is 0 Å². The number of carboxylic acids is 1. The van der Waals surface area contributed by atoms with Crippen LogP contribution >= 0.6 is 0 Å². The van der Waals surface area contributed by atoms with Crippen LogP contribution in [0.25, 0.3) is 0 Å². The van der Waals surface area contributed by atoms with Crippen LogP contribution in [0.2, 0.25) is 0 Å². The summed E-state index contributed by atoms with van der Waals surface area (Å²) in [6, 6.07) is 6.60. The first kappa shape index (κ1) is 22.2. The molecule has 4 heteroatoms. The number of aromatic carboxylic acids is 1. The summed E-state index contributed by atoms with van der Waals surface area (Å²) in [6.45, 7) is 2.96. The monoisotopic (exact) mass is 413 g/mol. The molecule has 0 fully saturated rings. The van der Waals surface area contributed by atoms with Gasteiger partial charge in [-0.3, -0.25) is 0 Å². The smallest absolute Gasteiger partial charge is 0.335 e. The molecule has 23 heavy (non-hydrogen) atoms. The Morgan fingerprint density at radius 1 is 0.870 bits per heavy atom. The number of rotatable bonds is 13. The van der Waals surface area contributed by atoms with Crippen molar-refractivity contribution in [1.82, 2.24) is 0 Å². The molecule has 0 heterocycles. The quantitative estimate of drug-likeness (QED) is 0.334. The molecule has 1 N–H and O–H groups in total. The van der Waals surface area contributed by atoms with Crippen LogP contribution in [0.5, 0.6) is 5.75 Å². The molecule has 1 aromatic carbocycles. The Labute approximate surface area is 156 Å². The summed E-state index contributed by atoms with van der Waals surface area (Å²) in [4.78, 5) is 10.7. The predicted molar refractivity (Wildman–Crippen MR) is 90.7 cm³/mol. The molecule has 3 nitrogen and oxygen atoms in total. The van der Waals surface area contributed by atoms with E-state index in [-0.39, 0.29) is 22.4 Å². The summed E-state index contributed by atoms with van der Waals surface area (Å²) in [7, 11) is 0. The fraction of sp³-hybridized carbons (Fsp3) is 0.632. The predicted octanol–water partition coefficient (Wildman–Crippen LogP) is 5.68. The molecule has 0 bridgehead atoms. The molecule has 0 atom stereocenters. The maximum atomic E-state index is 10.7. The molecule has 0 aromatic heterocycles. The van der Waals surface area contributed by atoms with E-state index in [2.05, 4.69) is 6.92 Å². The Balaban J connectivity index is 0.00000484. The van der Waals surface area contributed by atoms with Crippen LogP contribution in [-0.2, 0) is 22.4 Å². The van der Waals surface area contributed by atoms with Gasteiger partial charge in [-0.1, -0.05) is 64.7 Å². The van der Waals surface area contributed by atoms with Crippen molar-refractivity contribution in [2.45, 2.75) is 71.1 Å². The van der Waals surface area contributed by atoms with Gasteiger partial charge in [0, 0.05) is 22.4 Å². The fourth-order valence-corrected chi connectivity index (χ4v) is 2.47. The van der Waals surface area contributed by atoms with E-state index in [0.717, 1.165) is 12.2 Å². The third-order valence-corrected chi connectivity index (χ3v) is 3.87. The van der Waals surface area contributed by atoms with Crippen LogP contribution in [0.15, 0.2) is 24.3 Å². The minimum atomic E-state index is -0.902. The number of unbranched alkanes of at least 4 members (excludes halogenated alkanes) is 9. The standard InChI is InChI=1S/C19H30O3.Ag/c1-2-3-4-5-6-7-8-9-10-11-16-22-18-14-12-17(13-15-18)19(20)21;/h12-15H,2-11,16H2,1H3,(H,20,21);. The Bertz CT molecular complexity index is 404. The maximum Gasteiger partial charge on any atom is 0.335 e. The number of hydrogen-bond donors (Lipinski definition) is 1. The van der Waals surface area contributed by atoms with Crippen molar-refractivity contribution in [3.63, 3.8) is 0 Å². The second-order valence-electron chi connectivity index (χ2n) is 5.86. The van der Waals surface area contributed by atoms with Gasteiger partial charge in [0.05, 0.1) is 12.2 Å². The first-order chi connectivity index (χ1) is 10.7. The Hall–Kier alpha value is -0.770. The summed E-state index contributed by atoms with van der Waals surface area (Å²) in [5, 5.41) is 8.81. The topological polar surface area (TPSA) is 46.5 Å². The molecule has 0 saturated carbocycles. The van der Waals surface area contributed by atoms with Gasteiger partial charge in [-0.25, -0.2) is 4.79 Å². The van der Waals surface area contributed by atoms with Gasteiger partial charge in [-0.05, 0) is 30.7 Å². The molecule has 0 spiro atoms. The number of hydrogen-bond acceptors (Lipinski definition) is 2. The van der Waals surface area contributed by atoms with Crippen molar-refractivity contribution < 1.29 is 37.0 Å². The zero-order valence-electron chi connectivity index (χ0n) is 14.2. The van der Waals surface area contributed by atoms with Gasteiger partial charge in [0.15, 0.2) is 0 Å². The van der Waals surface area contributed by atoms with Gasteiger partial charge in [0.25, 0.3) is 0 Å². The average molecular weight is 414 g/mol. The largest absolute Gasteiger partial charge is 0.494 e. The Kier molecular flexibility index (Phi) is 14.3. The van der Waals surface area contributed by atoms with Gasteiger partial charge in [0.1, 0.15) is 5.75 Å². The average Bonchev–Trinajstić information content (AvgIpc) is 2.53. The molecule has 0 amide bonds. The molecular formula is C19H30AgO3. The van der Waals surface area contributed by atoms with Gasteiger partial charge in [-0.2, -0.15) is 0 Å². The molecule has 0 aliphatic rings. The molecular weight excluding hydrogens is 384 g/mol. The van der Waals surface area contributed by atoms with E-state index in [1.807, 2.05) is 0 Å². The van der Waals surface area contributed by atoms with Crippen molar-refractivity contribution >= 4 is 5.97 Å². The van der Waals surface area contributed by atoms with Crippen LogP contribution in [0.3, 0.4) is 0 Å². The van der Waals surface area contributed by atoms with Crippen LogP contribution in [-0.4, -0.2) is 17.7 Å². The first-order valence-electron chi connectivity index (χ1n) is 8.70. The minimum Gasteiger partial charge on any atom is -0.494 e. The number of benzene rings is 1. The normalized spacial score (nSPS) is 10.1. The summed E-state index contributed by atoms with van der Waals surface area (Å²) < 4.78 is 5.62. The van der Waals surface area contributed by atoms with E-state index >= 15 is 0 Å². The Morgan fingerprint density at radius 2 is 1.35 bits per heavy atom. The van der Waals surface area contributed by atoms with Crippen molar-refractivity contribution in [3.05, 3.63) is 29.8 Å². The van der Waals surface area contributed by atoms with Gasteiger partial charge >= 0.3 is 5.97 Å². The minimum absolute atomic E-state index is 0. The van der Waals surface area contributed by atoms with Gasteiger partial charge in [0.2, 0.25) is 0 Å². The zero-order valence-corrected chi connectivity index (χ0v) is 15.6. The van der Waals surface area contributed by atoms with Crippen molar-refractivity contribution in [2.24, 2.45) is 0 Å². The second kappa shape index (κ2) is 14.8. The molecule has 1 rings (SSSR count). The zero-order chi connectivity index (χ0) is 16.0. The molecule has 135 valence electrons. The van der Waals surface area contributed by atoms with E-state index in [4.69, 9.17) is 9.84 Å². The number of carbonyl (C=O) groups is 1. The SMILES string of the molecule is CCCCCCCCCCCCOc1ccc(C(=O)O)cc1.[Ag]. The third-order valence-electron chi connectivity index (χ3n) is 3.87. The maximum absolute atomic E-state index is 10.7. The molecule has 1 radical (unpaired) electrons. The molecule has 0 aliphatic carbocycles. The second-order valence-corrected chi connectivity index (χ2v) is 5.86. The van der Waals surface area contributed by atoms with E-state index in [9.17, 15) is 4.79 Å². The van der Waals surface area contributed by atoms with Crippen molar-refractivity contribution in [3.8, 4) is 5.75 Å². The van der Waals surface area contributed by atoms with E-state index in [1.165, 1.54) is 57.8 Å². The van der Waals surface area contributed by atoms with Crippen molar-refractivity contribution in [1.29, 1.82) is 0 Å². The van der Waals surface area contributed by atoms with E-state index < -0.39 is 5.97 Å².